The van der Waals surface area contributed by atoms with Crippen molar-refractivity contribution in [1.82, 2.24) is 14.9 Å². The van der Waals surface area contributed by atoms with Gasteiger partial charge in [-0.1, -0.05) is 18.9 Å². The van der Waals surface area contributed by atoms with Crippen LogP contribution in [0.3, 0.4) is 0 Å². The van der Waals surface area contributed by atoms with Crippen LogP contribution >= 0.6 is 0 Å². The maximum absolute atomic E-state index is 12.0. The van der Waals surface area contributed by atoms with Crippen molar-refractivity contribution in [3.8, 4) is 12.3 Å². The number of pyridine rings is 1. The highest BCUT2D eigenvalue weighted by Crippen LogP contribution is 2.09. The number of amides is 1. The average Bonchev–Trinajstić information content (AvgIpc) is 2.79. The molecule has 2 heterocycles. The van der Waals surface area contributed by atoms with Crippen molar-refractivity contribution in [3.05, 3.63) is 36.2 Å². The molecule has 4 heteroatoms. The van der Waals surface area contributed by atoms with E-state index in [2.05, 4.69) is 16.3 Å². The molecule has 2 rings (SSSR count). The van der Waals surface area contributed by atoms with Gasteiger partial charge in [0.05, 0.1) is 23.3 Å². The highest BCUT2D eigenvalue weighted by atomic mass is 16.1. The fraction of sp³-hybridized carbons (Fsp3) is 0.231. The second kappa shape index (κ2) is 4.71. The third kappa shape index (κ3) is 2.13. The minimum atomic E-state index is -0.235. The lowest BCUT2D eigenvalue weighted by Gasteiger charge is -2.09. The molecule has 1 amide bonds. The summed E-state index contributed by atoms with van der Waals surface area (Å²) in [7, 11) is 0. The van der Waals surface area contributed by atoms with E-state index in [-0.39, 0.29) is 11.9 Å². The Morgan fingerprint density at radius 1 is 1.65 bits per heavy atom. The fourth-order valence-corrected chi connectivity index (χ4v) is 1.61. The van der Waals surface area contributed by atoms with E-state index in [1.54, 1.807) is 16.9 Å². The maximum atomic E-state index is 12.0. The van der Waals surface area contributed by atoms with Gasteiger partial charge in [-0.25, -0.2) is 4.52 Å². The van der Waals surface area contributed by atoms with Gasteiger partial charge in [0.1, 0.15) is 0 Å². The molecule has 0 aliphatic rings. The summed E-state index contributed by atoms with van der Waals surface area (Å²) >= 11 is 0. The number of hydrogen-bond acceptors (Lipinski definition) is 2. The number of hydrogen-bond donors (Lipinski definition) is 1. The number of nitrogens with one attached hydrogen (secondary N) is 1. The summed E-state index contributed by atoms with van der Waals surface area (Å²) in [5.74, 6) is 2.35. The first kappa shape index (κ1) is 11.2. The van der Waals surface area contributed by atoms with Gasteiger partial charge in [0.15, 0.2) is 0 Å². The standard InChI is InChI=1S/C13H13N3O/c1-3-10(4-2)15-13(17)11-9-14-16-8-6-5-7-12(11)16/h1,5-10H,4H2,2H3,(H,15,17). The molecule has 0 saturated carbocycles. The molecule has 0 radical (unpaired) electrons. The van der Waals surface area contributed by atoms with Gasteiger partial charge in [0, 0.05) is 6.20 Å². The zero-order chi connectivity index (χ0) is 12.3. The van der Waals surface area contributed by atoms with Crippen LogP contribution in [0, 0.1) is 12.3 Å². The third-order valence-corrected chi connectivity index (χ3v) is 2.59. The number of carbonyl (C=O) groups is 1. The molecule has 0 spiro atoms. The molecule has 1 atom stereocenters. The molecule has 86 valence electrons. The van der Waals surface area contributed by atoms with E-state index in [4.69, 9.17) is 6.42 Å². The molecule has 1 N–H and O–H groups in total. The van der Waals surface area contributed by atoms with E-state index in [0.29, 0.717) is 12.0 Å². The maximum Gasteiger partial charge on any atom is 0.256 e. The molecular weight excluding hydrogens is 214 g/mol. The topological polar surface area (TPSA) is 46.4 Å². The molecule has 0 aromatic carbocycles. The van der Waals surface area contributed by atoms with Crippen molar-refractivity contribution in [3.63, 3.8) is 0 Å². The molecule has 2 aromatic rings. The smallest absolute Gasteiger partial charge is 0.256 e. The Hall–Kier alpha value is -2.28. The van der Waals surface area contributed by atoms with Crippen molar-refractivity contribution < 1.29 is 4.79 Å². The van der Waals surface area contributed by atoms with Crippen LogP contribution in [0.15, 0.2) is 30.6 Å². The number of rotatable bonds is 3. The number of terminal acetylenes is 1. The van der Waals surface area contributed by atoms with Gasteiger partial charge in [-0.15, -0.1) is 6.42 Å². The first-order chi connectivity index (χ1) is 8.26. The predicted molar refractivity (Wildman–Crippen MR) is 65.6 cm³/mol. The Balaban J connectivity index is 2.28. The van der Waals surface area contributed by atoms with E-state index in [0.717, 1.165) is 5.52 Å². The lowest BCUT2D eigenvalue weighted by atomic mass is 10.2. The van der Waals surface area contributed by atoms with Crippen LogP contribution in [-0.4, -0.2) is 21.6 Å². The van der Waals surface area contributed by atoms with Crippen LogP contribution in [0.5, 0.6) is 0 Å². The van der Waals surface area contributed by atoms with E-state index < -0.39 is 0 Å². The largest absolute Gasteiger partial charge is 0.338 e. The summed E-state index contributed by atoms with van der Waals surface area (Å²) < 4.78 is 1.66. The second-order valence-corrected chi connectivity index (χ2v) is 3.69. The highest BCUT2D eigenvalue weighted by molar-refractivity contribution is 6.00. The van der Waals surface area contributed by atoms with Gasteiger partial charge < -0.3 is 5.32 Å². The first-order valence-electron chi connectivity index (χ1n) is 5.45. The minimum absolute atomic E-state index is 0.184. The summed E-state index contributed by atoms with van der Waals surface area (Å²) in [6, 6.07) is 5.34. The van der Waals surface area contributed by atoms with Crippen LogP contribution in [-0.2, 0) is 0 Å². The quantitative estimate of drug-likeness (QED) is 0.807. The van der Waals surface area contributed by atoms with Crippen molar-refractivity contribution in [2.75, 3.05) is 0 Å². The molecule has 2 aromatic heterocycles. The summed E-state index contributed by atoms with van der Waals surface area (Å²) in [6.07, 6.45) is 9.37. The first-order valence-corrected chi connectivity index (χ1v) is 5.45. The van der Waals surface area contributed by atoms with E-state index in [1.807, 2.05) is 25.1 Å². The van der Waals surface area contributed by atoms with Crippen molar-refractivity contribution in [2.24, 2.45) is 0 Å². The minimum Gasteiger partial charge on any atom is -0.338 e. The Bertz CT molecular complexity index is 580. The normalized spacial score (nSPS) is 12.0. The monoisotopic (exact) mass is 227 g/mol. The second-order valence-electron chi connectivity index (χ2n) is 3.69. The van der Waals surface area contributed by atoms with Gasteiger partial charge in [-0.2, -0.15) is 5.10 Å². The zero-order valence-corrected chi connectivity index (χ0v) is 9.55. The summed E-state index contributed by atoms with van der Waals surface area (Å²) in [5, 5.41) is 6.89. The highest BCUT2D eigenvalue weighted by Gasteiger charge is 2.14. The van der Waals surface area contributed by atoms with Crippen molar-refractivity contribution >= 4 is 11.4 Å². The SMILES string of the molecule is C#CC(CC)NC(=O)c1cnn2ccccc12. The predicted octanol–water partition coefficient (Wildman–Crippen LogP) is 1.48. The van der Waals surface area contributed by atoms with E-state index >= 15 is 0 Å². The number of aromatic nitrogens is 2. The Labute approximate surface area is 99.6 Å². The summed E-state index contributed by atoms with van der Waals surface area (Å²) in [4.78, 5) is 12.0. The molecule has 1 unspecified atom stereocenters. The number of carbonyl (C=O) groups excluding carboxylic acids is 1. The summed E-state index contributed by atoms with van der Waals surface area (Å²) in [5.41, 5.74) is 1.32. The van der Waals surface area contributed by atoms with Gasteiger partial charge in [0.25, 0.3) is 5.91 Å². The average molecular weight is 227 g/mol. The van der Waals surface area contributed by atoms with E-state index in [1.165, 1.54) is 0 Å². The third-order valence-electron chi connectivity index (χ3n) is 2.59. The summed E-state index contributed by atoms with van der Waals surface area (Å²) in [6.45, 7) is 1.93. The van der Waals surface area contributed by atoms with Gasteiger partial charge >= 0.3 is 0 Å². The molecule has 0 saturated heterocycles. The lowest BCUT2D eigenvalue weighted by Crippen LogP contribution is -2.33. The Kier molecular flexibility index (Phi) is 3.10. The Morgan fingerprint density at radius 2 is 2.47 bits per heavy atom. The van der Waals surface area contributed by atoms with Gasteiger partial charge in [-0.05, 0) is 18.6 Å². The van der Waals surface area contributed by atoms with Crippen LogP contribution in [0.4, 0.5) is 0 Å². The molecule has 17 heavy (non-hydrogen) atoms. The zero-order valence-electron chi connectivity index (χ0n) is 9.55. The van der Waals surface area contributed by atoms with Crippen LogP contribution < -0.4 is 5.32 Å². The van der Waals surface area contributed by atoms with E-state index in [9.17, 15) is 4.79 Å². The van der Waals surface area contributed by atoms with Crippen LogP contribution in [0.1, 0.15) is 23.7 Å². The fourth-order valence-electron chi connectivity index (χ4n) is 1.61. The van der Waals surface area contributed by atoms with Crippen LogP contribution in [0.2, 0.25) is 0 Å². The molecule has 0 aliphatic carbocycles. The van der Waals surface area contributed by atoms with Crippen molar-refractivity contribution in [2.45, 2.75) is 19.4 Å². The van der Waals surface area contributed by atoms with Crippen LogP contribution in [0.25, 0.3) is 5.52 Å². The molecular formula is C13H13N3O. The number of nitrogens with zero attached hydrogens (tertiary/aromatic N) is 2. The van der Waals surface area contributed by atoms with Gasteiger partial charge in [0.2, 0.25) is 0 Å². The molecule has 0 aliphatic heterocycles. The van der Waals surface area contributed by atoms with Gasteiger partial charge in [-0.3, -0.25) is 4.79 Å². The number of fused-ring (bicyclic) bond motifs is 1. The van der Waals surface area contributed by atoms with Crippen molar-refractivity contribution in [1.29, 1.82) is 0 Å². The Morgan fingerprint density at radius 3 is 3.18 bits per heavy atom. The molecule has 0 fully saturated rings. The molecule has 4 nitrogen and oxygen atoms in total. The lowest BCUT2D eigenvalue weighted by molar-refractivity contribution is 0.0946. The molecule has 0 bridgehead atoms.